The molecule has 0 amide bonds. The maximum Gasteiger partial charge on any atom is 0.0616 e. The van der Waals surface area contributed by atoms with Crippen LogP contribution in [0.25, 0.3) is 0 Å². The van der Waals surface area contributed by atoms with Crippen molar-refractivity contribution < 1.29 is 4.74 Å². The van der Waals surface area contributed by atoms with Crippen LogP contribution in [0.4, 0.5) is 0 Å². The molecule has 0 bridgehead atoms. The fraction of sp³-hybridized carbons (Fsp3) is 0.545. The molecule has 84 valence electrons. The van der Waals surface area contributed by atoms with Crippen molar-refractivity contribution in [3.63, 3.8) is 0 Å². The summed E-state index contributed by atoms with van der Waals surface area (Å²) in [6, 6.07) is 4.32. The molecule has 0 saturated heterocycles. The maximum absolute atomic E-state index is 5.71. The second-order valence-electron chi connectivity index (χ2n) is 3.37. The summed E-state index contributed by atoms with van der Waals surface area (Å²) in [5.41, 5.74) is 1.22. The molecule has 0 saturated carbocycles. The summed E-state index contributed by atoms with van der Waals surface area (Å²) in [7, 11) is 1.70. The predicted octanol–water partition coefficient (Wildman–Crippen LogP) is 1.82. The summed E-state index contributed by atoms with van der Waals surface area (Å²) in [6.07, 6.45) is 4.51. The Morgan fingerprint density at radius 3 is 2.80 bits per heavy atom. The van der Waals surface area contributed by atoms with Crippen molar-refractivity contribution in [2.45, 2.75) is 19.0 Å². The number of rotatable bonds is 7. The zero-order valence-electron chi connectivity index (χ0n) is 8.95. The van der Waals surface area contributed by atoms with Crippen LogP contribution >= 0.6 is 11.6 Å². The third-order valence-electron chi connectivity index (χ3n) is 2.17. The number of hydrogen-bond donors (Lipinski definition) is 1. The minimum atomic E-state index is 0.320. The highest BCUT2D eigenvalue weighted by atomic mass is 35.5. The van der Waals surface area contributed by atoms with Gasteiger partial charge in [-0.1, -0.05) is 0 Å². The normalized spacial score (nSPS) is 12.7. The van der Waals surface area contributed by atoms with E-state index < -0.39 is 0 Å². The molecule has 0 aliphatic rings. The van der Waals surface area contributed by atoms with E-state index in [0.717, 1.165) is 13.0 Å². The Hall–Kier alpha value is -0.640. The number of pyridine rings is 1. The zero-order chi connectivity index (χ0) is 10.9. The highest BCUT2D eigenvalue weighted by molar-refractivity contribution is 6.17. The number of aromatic nitrogens is 1. The van der Waals surface area contributed by atoms with Gasteiger partial charge in [0.05, 0.1) is 6.61 Å². The Morgan fingerprint density at radius 1 is 1.47 bits per heavy atom. The lowest BCUT2D eigenvalue weighted by atomic mass is 10.2. The topological polar surface area (TPSA) is 34.1 Å². The SMILES string of the molecule is COCC(CCCl)NCc1ccncc1. The van der Waals surface area contributed by atoms with E-state index in [1.165, 1.54) is 5.56 Å². The van der Waals surface area contributed by atoms with Crippen LogP contribution in [-0.2, 0) is 11.3 Å². The Kier molecular flexibility index (Phi) is 6.32. The van der Waals surface area contributed by atoms with E-state index in [2.05, 4.69) is 10.3 Å². The summed E-state index contributed by atoms with van der Waals surface area (Å²) in [5.74, 6) is 0.650. The molecule has 1 atom stereocenters. The Balaban J connectivity index is 2.33. The largest absolute Gasteiger partial charge is 0.383 e. The fourth-order valence-electron chi connectivity index (χ4n) is 1.34. The second-order valence-corrected chi connectivity index (χ2v) is 3.74. The average Bonchev–Trinajstić information content (AvgIpc) is 2.28. The highest BCUT2D eigenvalue weighted by Crippen LogP contribution is 2.00. The van der Waals surface area contributed by atoms with Crippen LogP contribution in [0.15, 0.2) is 24.5 Å². The van der Waals surface area contributed by atoms with Crippen molar-refractivity contribution in [3.05, 3.63) is 30.1 Å². The van der Waals surface area contributed by atoms with E-state index in [4.69, 9.17) is 16.3 Å². The minimum Gasteiger partial charge on any atom is -0.383 e. The van der Waals surface area contributed by atoms with Crippen molar-refractivity contribution in [1.82, 2.24) is 10.3 Å². The van der Waals surface area contributed by atoms with E-state index in [0.29, 0.717) is 18.5 Å². The summed E-state index contributed by atoms with van der Waals surface area (Å²) >= 11 is 5.71. The van der Waals surface area contributed by atoms with Crippen molar-refractivity contribution >= 4 is 11.6 Å². The number of methoxy groups -OCH3 is 1. The van der Waals surface area contributed by atoms with E-state index in [1.54, 1.807) is 19.5 Å². The number of ether oxygens (including phenoxy) is 1. The van der Waals surface area contributed by atoms with Crippen LogP contribution in [0.5, 0.6) is 0 Å². The van der Waals surface area contributed by atoms with Crippen LogP contribution in [0.3, 0.4) is 0 Å². The number of halogens is 1. The minimum absolute atomic E-state index is 0.320. The second kappa shape index (κ2) is 7.63. The van der Waals surface area contributed by atoms with E-state index in [-0.39, 0.29) is 0 Å². The molecule has 1 unspecified atom stereocenters. The molecular formula is C11H17ClN2O. The van der Waals surface area contributed by atoms with Crippen LogP contribution in [0.2, 0.25) is 0 Å². The van der Waals surface area contributed by atoms with Gasteiger partial charge in [0.15, 0.2) is 0 Å². The third kappa shape index (κ3) is 5.11. The summed E-state index contributed by atoms with van der Waals surface area (Å²) in [6.45, 7) is 1.52. The Labute approximate surface area is 95.8 Å². The molecule has 0 radical (unpaired) electrons. The fourth-order valence-corrected chi connectivity index (χ4v) is 1.60. The summed E-state index contributed by atoms with van der Waals surface area (Å²) in [4.78, 5) is 3.97. The van der Waals surface area contributed by atoms with Crippen LogP contribution in [0, 0.1) is 0 Å². The first kappa shape index (κ1) is 12.4. The number of nitrogens with one attached hydrogen (secondary N) is 1. The molecule has 15 heavy (non-hydrogen) atoms. The van der Waals surface area contributed by atoms with Gasteiger partial charge in [0, 0.05) is 38.0 Å². The van der Waals surface area contributed by atoms with Gasteiger partial charge in [-0.3, -0.25) is 4.98 Å². The molecule has 0 aliphatic heterocycles. The molecule has 1 N–H and O–H groups in total. The first-order valence-corrected chi connectivity index (χ1v) is 5.57. The molecule has 1 rings (SSSR count). The number of nitrogens with zero attached hydrogens (tertiary/aromatic N) is 1. The molecule has 0 spiro atoms. The van der Waals surface area contributed by atoms with E-state index >= 15 is 0 Å². The van der Waals surface area contributed by atoms with Gasteiger partial charge in [0.2, 0.25) is 0 Å². The van der Waals surface area contributed by atoms with E-state index in [1.807, 2.05) is 12.1 Å². The van der Waals surface area contributed by atoms with Crippen LogP contribution in [-0.4, -0.2) is 30.6 Å². The van der Waals surface area contributed by atoms with Gasteiger partial charge < -0.3 is 10.1 Å². The molecule has 0 aromatic carbocycles. The standard InChI is InChI=1S/C11H17ClN2O/c1-15-9-11(2-5-12)14-8-10-3-6-13-7-4-10/h3-4,6-7,11,14H,2,5,8-9H2,1H3. The van der Waals surface area contributed by atoms with Crippen molar-refractivity contribution in [2.24, 2.45) is 0 Å². The maximum atomic E-state index is 5.71. The summed E-state index contributed by atoms with van der Waals surface area (Å²) < 4.78 is 5.11. The molecule has 1 aromatic rings. The third-order valence-corrected chi connectivity index (χ3v) is 2.39. The molecule has 0 fully saturated rings. The molecule has 0 aliphatic carbocycles. The van der Waals surface area contributed by atoms with Gasteiger partial charge in [-0.2, -0.15) is 0 Å². The molecule has 1 aromatic heterocycles. The van der Waals surface area contributed by atoms with Gasteiger partial charge in [0.25, 0.3) is 0 Å². The highest BCUT2D eigenvalue weighted by Gasteiger charge is 2.06. The number of hydrogen-bond acceptors (Lipinski definition) is 3. The average molecular weight is 229 g/mol. The van der Waals surface area contributed by atoms with Gasteiger partial charge in [-0.25, -0.2) is 0 Å². The zero-order valence-corrected chi connectivity index (χ0v) is 9.70. The number of alkyl halides is 1. The van der Waals surface area contributed by atoms with Crippen molar-refractivity contribution in [3.8, 4) is 0 Å². The Bertz CT molecular complexity index is 250. The molecular weight excluding hydrogens is 212 g/mol. The monoisotopic (exact) mass is 228 g/mol. The van der Waals surface area contributed by atoms with Gasteiger partial charge in [-0.15, -0.1) is 11.6 Å². The van der Waals surface area contributed by atoms with E-state index in [9.17, 15) is 0 Å². The lowest BCUT2D eigenvalue weighted by Gasteiger charge is -2.16. The van der Waals surface area contributed by atoms with Gasteiger partial charge in [-0.05, 0) is 24.1 Å². The first-order valence-electron chi connectivity index (χ1n) is 5.04. The van der Waals surface area contributed by atoms with Gasteiger partial charge >= 0.3 is 0 Å². The van der Waals surface area contributed by atoms with Crippen molar-refractivity contribution in [2.75, 3.05) is 19.6 Å². The van der Waals surface area contributed by atoms with Crippen LogP contribution < -0.4 is 5.32 Å². The lowest BCUT2D eigenvalue weighted by molar-refractivity contribution is 0.164. The molecule has 4 heteroatoms. The van der Waals surface area contributed by atoms with Crippen LogP contribution in [0.1, 0.15) is 12.0 Å². The smallest absolute Gasteiger partial charge is 0.0616 e. The molecule has 1 heterocycles. The van der Waals surface area contributed by atoms with Crippen molar-refractivity contribution in [1.29, 1.82) is 0 Å². The predicted molar refractivity (Wildman–Crippen MR) is 62.1 cm³/mol. The lowest BCUT2D eigenvalue weighted by Crippen LogP contribution is -2.33. The first-order chi connectivity index (χ1) is 7.36. The molecule has 3 nitrogen and oxygen atoms in total. The Morgan fingerprint density at radius 2 is 2.20 bits per heavy atom. The van der Waals surface area contributed by atoms with Gasteiger partial charge in [0.1, 0.15) is 0 Å². The quantitative estimate of drug-likeness (QED) is 0.723. The summed E-state index contributed by atoms with van der Waals surface area (Å²) in [5, 5.41) is 3.40.